The van der Waals surface area contributed by atoms with Crippen molar-refractivity contribution in [2.45, 2.75) is 13.1 Å². The fourth-order valence-electron chi connectivity index (χ4n) is 1.65. The van der Waals surface area contributed by atoms with E-state index in [1.165, 1.54) is 16.8 Å². The molecule has 0 aliphatic heterocycles. The highest BCUT2D eigenvalue weighted by Gasteiger charge is 2.18. The van der Waals surface area contributed by atoms with Crippen molar-refractivity contribution in [3.63, 3.8) is 0 Å². The number of benzene rings is 1. The van der Waals surface area contributed by atoms with Crippen molar-refractivity contribution < 1.29 is 12.8 Å². The molecule has 0 saturated heterocycles. The van der Waals surface area contributed by atoms with E-state index in [1.807, 2.05) is 30.3 Å². The first kappa shape index (κ1) is 12.9. The topological polar surface area (TPSA) is 50.5 Å². The van der Waals surface area contributed by atoms with E-state index < -0.39 is 10.0 Å². The summed E-state index contributed by atoms with van der Waals surface area (Å²) < 4.78 is 30.1. The third kappa shape index (κ3) is 3.45. The molecule has 0 spiro atoms. The minimum atomic E-state index is -3.27. The number of hydrogen-bond donors (Lipinski definition) is 0. The van der Waals surface area contributed by atoms with Crippen LogP contribution in [0.1, 0.15) is 11.3 Å². The van der Waals surface area contributed by atoms with Crippen LogP contribution in [0.15, 0.2) is 53.1 Å². The molecule has 0 aliphatic carbocycles. The zero-order valence-electron chi connectivity index (χ0n) is 10.1. The summed E-state index contributed by atoms with van der Waals surface area (Å²) in [5.41, 5.74) is 0.953. The van der Waals surface area contributed by atoms with Crippen molar-refractivity contribution in [2.24, 2.45) is 0 Å². The van der Waals surface area contributed by atoms with Crippen molar-refractivity contribution in [1.29, 1.82) is 0 Å². The lowest BCUT2D eigenvalue weighted by atomic mass is 10.2. The molecule has 1 aromatic heterocycles. The molecule has 4 nitrogen and oxygen atoms in total. The Balaban J connectivity index is 2.16. The van der Waals surface area contributed by atoms with E-state index in [0.717, 1.165) is 5.56 Å². The van der Waals surface area contributed by atoms with Crippen LogP contribution in [-0.2, 0) is 23.1 Å². The van der Waals surface area contributed by atoms with Gasteiger partial charge in [-0.1, -0.05) is 30.3 Å². The lowest BCUT2D eigenvalue weighted by Gasteiger charge is -2.18. The van der Waals surface area contributed by atoms with Crippen molar-refractivity contribution in [3.05, 3.63) is 60.1 Å². The molecule has 0 amide bonds. The predicted molar refractivity (Wildman–Crippen MR) is 69.2 cm³/mol. The molecule has 1 aromatic carbocycles. The lowest BCUT2D eigenvalue weighted by Crippen LogP contribution is -2.28. The largest absolute Gasteiger partial charge is 0.468 e. The molecule has 0 bridgehead atoms. The molecule has 18 heavy (non-hydrogen) atoms. The summed E-state index contributed by atoms with van der Waals surface area (Å²) in [6, 6.07) is 13.0. The Morgan fingerprint density at radius 2 is 1.78 bits per heavy atom. The van der Waals surface area contributed by atoms with E-state index in [1.54, 1.807) is 12.1 Å². The Kier molecular flexibility index (Phi) is 3.84. The monoisotopic (exact) mass is 265 g/mol. The number of furan rings is 1. The standard InChI is InChI=1S/C13H15NO3S/c1-18(15,16)14(11-13-8-5-9-17-13)10-12-6-3-2-4-7-12/h2-9H,10-11H2,1H3. The zero-order chi connectivity index (χ0) is 13.0. The Morgan fingerprint density at radius 3 is 2.33 bits per heavy atom. The molecule has 0 fully saturated rings. The highest BCUT2D eigenvalue weighted by Crippen LogP contribution is 2.13. The average Bonchev–Trinajstić information content (AvgIpc) is 2.81. The van der Waals surface area contributed by atoms with Gasteiger partial charge in [0, 0.05) is 6.54 Å². The molecular formula is C13H15NO3S. The summed E-state index contributed by atoms with van der Waals surface area (Å²) in [5.74, 6) is 0.636. The van der Waals surface area contributed by atoms with Crippen molar-refractivity contribution in [2.75, 3.05) is 6.26 Å². The SMILES string of the molecule is CS(=O)(=O)N(Cc1ccccc1)Cc1ccco1. The molecule has 2 aromatic rings. The van der Waals surface area contributed by atoms with Gasteiger partial charge in [-0.3, -0.25) is 0 Å². The maximum Gasteiger partial charge on any atom is 0.211 e. The zero-order valence-corrected chi connectivity index (χ0v) is 10.9. The quantitative estimate of drug-likeness (QED) is 0.833. The van der Waals surface area contributed by atoms with Gasteiger partial charge < -0.3 is 4.42 Å². The molecule has 0 radical (unpaired) electrons. The van der Waals surface area contributed by atoms with Gasteiger partial charge in [0.15, 0.2) is 0 Å². The van der Waals surface area contributed by atoms with Crippen LogP contribution >= 0.6 is 0 Å². The van der Waals surface area contributed by atoms with Gasteiger partial charge in [0.2, 0.25) is 10.0 Å². The van der Waals surface area contributed by atoms with Crippen molar-refractivity contribution in [3.8, 4) is 0 Å². The molecule has 2 rings (SSSR count). The minimum absolute atomic E-state index is 0.251. The van der Waals surface area contributed by atoms with Gasteiger partial charge in [-0.15, -0.1) is 0 Å². The van der Waals surface area contributed by atoms with Crippen LogP contribution in [0.2, 0.25) is 0 Å². The average molecular weight is 265 g/mol. The van der Waals surface area contributed by atoms with Crippen LogP contribution in [0.4, 0.5) is 0 Å². The second-order valence-corrected chi connectivity index (χ2v) is 6.08. The Labute approximate surface area is 107 Å². The summed E-state index contributed by atoms with van der Waals surface area (Å²) in [7, 11) is -3.27. The first-order valence-electron chi connectivity index (χ1n) is 5.57. The molecule has 0 aliphatic rings. The molecule has 0 N–H and O–H groups in total. The maximum absolute atomic E-state index is 11.7. The van der Waals surface area contributed by atoms with Crippen LogP contribution in [0.3, 0.4) is 0 Å². The number of hydrogen-bond acceptors (Lipinski definition) is 3. The molecule has 0 atom stereocenters. The van der Waals surface area contributed by atoms with Crippen LogP contribution in [0, 0.1) is 0 Å². The lowest BCUT2D eigenvalue weighted by molar-refractivity contribution is 0.361. The van der Waals surface area contributed by atoms with Crippen LogP contribution in [0.5, 0.6) is 0 Å². The predicted octanol–water partition coefficient (Wildman–Crippen LogP) is 2.24. The van der Waals surface area contributed by atoms with E-state index in [-0.39, 0.29) is 6.54 Å². The van der Waals surface area contributed by atoms with Gasteiger partial charge in [0.25, 0.3) is 0 Å². The van der Waals surface area contributed by atoms with Crippen LogP contribution in [0.25, 0.3) is 0 Å². The number of sulfonamides is 1. The summed E-state index contributed by atoms with van der Waals surface area (Å²) in [4.78, 5) is 0. The molecule has 0 unspecified atom stereocenters. The van der Waals surface area contributed by atoms with E-state index in [9.17, 15) is 8.42 Å². The molecular weight excluding hydrogens is 250 g/mol. The van der Waals surface area contributed by atoms with Gasteiger partial charge in [0.05, 0.1) is 19.1 Å². The first-order valence-corrected chi connectivity index (χ1v) is 7.42. The van der Waals surface area contributed by atoms with E-state index >= 15 is 0 Å². The molecule has 5 heteroatoms. The Morgan fingerprint density at radius 1 is 1.06 bits per heavy atom. The van der Waals surface area contributed by atoms with Crippen LogP contribution < -0.4 is 0 Å². The smallest absolute Gasteiger partial charge is 0.211 e. The summed E-state index contributed by atoms with van der Waals surface area (Å²) in [6.45, 7) is 0.598. The molecule has 1 heterocycles. The number of nitrogens with zero attached hydrogens (tertiary/aromatic N) is 1. The highest BCUT2D eigenvalue weighted by atomic mass is 32.2. The van der Waals surface area contributed by atoms with Gasteiger partial charge in [0.1, 0.15) is 5.76 Å². The number of rotatable bonds is 5. The van der Waals surface area contributed by atoms with E-state index in [4.69, 9.17) is 4.42 Å². The third-order valence-corrected chi connectivity index (χ3v) is 3.78. The highest BCUT2D eigenvalue weighted by molar-refractivity contribution is 7.88. The van der Waals surface area contributed by atoms with Gasteiger partial charge in [-0.05, 0) is 17.7 Å². The van der Waals surface area contributed by atoms with Crippen molar-refractivity contribution >= 4 is 10.0 Å². The normalized spacial score (nSPS) is 11.9. The fourth-order valence-corrected chi connectivity index (χ4v) is 2.40. The minimum Gasteiger partial charge on any atom is -0.468 e. The van der Waals surface area contributed by atoms with Gasteiger partial charge in [-0.25, -0.2) is 8.42 Å². The molecule has 96 valence electrons. The van der Waals surface area contributed by atoms with Gasteiger partial charge >= 0.3 is 0 Å². The van der Waals surface area contributed by atoms with E-state index in [0.29, 0.717) is 12.3 Å². The fraction of sp³-hybridized carbons (Fsp3) is 0.231. The Bertz CT molecular complexity index is 576. The third-order valence-electron chi connectivity index (χ3n) is 2.58. The summed E-state index contributed by atoms with van der Waals surface area (Å²) >= 11 is 0. The van der Waals surface area contributed by atoms with Crippen LogP contribution in [-0.4, -0.2) is 19.0 Å². The van der Waals surface area contributed by atoms with Gasteiger partial charge in [-0.2, -0.15) is 4.31 Å². The summed E-state index contributed by atoms with van der Waals surface area (Å²) in [5, 5.41) is 0. The first-order chi connectivity index (χ1) is 8.55. The second kappa shape index (κ2) is 5.37. The Hall–Kier alpha value is -1.59. The van der Waals surface area contributed by atoms with Crippen molar-refractivity contribution in [1.82, 2.24) is 4.31 Å². The maximum atomic E-state index is 11.7. The second-order valence-electron chi connectivity index (χ2n) is 4.10. The van der Waals surface area contributed by atoms with E-state index in [2.05, 4.69) is 0 Å². The molecule has 0 saturated carbocycles. The summed E-state index contributed by atoms with van der Waals surface area (Å²) in [6.07, 6.45) is 2.75.